The van der Waals surface area contributed by atoms with Crippen LogP contribution in [0.3, 0.4) is 0 Å². The summed E-state index contributed by atoms with van der Waals surface area (Å²) in [5, 5.41) is 0. The Hall–Kier alpha value is -5.87. The SMILES string of the molecule is C1=Cc2nc1c(-c1ccccc1)c1ccc([n-]1)c(-c1ccccc1)c1nc(c(-c3ccccc3)c3ccc([n-]3)c2-c2ccccc2)C=C1.[Fe+3].[O-][Cl+3]([O-])([O-])[O-]. The molecule has 54 heavy (non-hydrogen) atoms. The van der Waals surface area contributed by atoms with E-state index in [1.165, 1.54) is 0 Å². The summed E-state index contributed by atoms with van der Waals surface area (Å²) in [6, 6.07) is 50.0. The van der Waals surface area contributed by atoms with Crippen LogP contribution in [0.1, 0.15) is 22.8 Å². The predicted octanol–water partition coefficient (Wildman–Crippen LogP) is 5.82. The molecule has 0 amide bonds. The van der Waals surface area contributed by atoms with Crippen molar-refractivity contribution in [2.24, 2.45) is 0 Å². The molecule has 2 aliphatic heterocycles. The molecule has 10 heteroatoms. The molecule has 0 fully saturated rings. The van der Waals surface area contributed by atoms with Crippen molar-refractivity contribution in [2.75, 3.05) is 0 Å². The third-order valence-electron chi connectivity index (χ3n) is 8.86. The third-order valence-corrected chi connectivity index (χ3v) is 8.86. The van der Waals surface area contributed by atoms with Gasteiger partial charge in [0, 0.05) is 0 Å². The Bertz CT molecular complexity index is 2300. The van der Waals surface area contributed by atoms with Crippen LogP contribution >= 0.6 is 0 Å². The normalized spacial score (nSPS) is 11.8. The fourth-order valence-electron chi connectivity index (χ4n) is 6.69. The molecule has 3 aromatic heterocycles. The van der Waals surface area contributed by atoms with Gasteiger partial charge in [-0.2, -0.15) is 0 Å². The van der Waals surface area contributed by atoms with Crippen molar-refractivity contribution in [1.82, 2.24) is 19.9 Å². The Morgan fingerprint density at radius 1 is 0.333 bits per heavy atom. The van der Waals surface area contributed by atoms with Crippen LogP contribution in [-0.2, 0) is 17.1 Å². The van der Waals surface area contributed by atoms with Gasteiger partial charge in [-0.05, 0) is 68.8 Å². The maximum atomic E-state index is 8.49. The number of aromatic nitrogens is 4. The van der Waals surface area contributed by atoms with E-state index in [-0.39, 0.29) is 17.1 Å². The Balaban J connectivity index is 0.000000706. The fourth-order valence-corrected chi connectivity index (χ4v) is 6.69. The summed E-state index contributed by atoms with van der Waals surface area (Å²) in [7, 11) is -4.94. The molecular formula is C44H28ClFeN4O4. The molecular weight excluding hydrogens is 740 g/mol. The van der Waals surface area contributed by atoms with Crippen molar-refractivity contribution < 1.29 is 45.9 Å². The fraction of sp³-hybridized carbons (Fsp3) is 0. The van der Waals surface area contributed by atoms with Gasteiger partial charge in [-0.15, -0.1) is 32.3 Å². The average Bonchev–Trinajstić information content (AvgIpc) is 4.01. The minimum absolute atomic E-state index is 0. The molecule has 8 nitrogen and oxygen atoms in total. The number of fused-ring (bicyclic) bond motifs is 8. The summed E-state index contributed by atoms with van der Waals surface area (Å²) in [5.74, 6) is 0. The Morgan fingerprint density at radius 3 is 0.741 bits per heavy atom. The molecule has 4 aromatic carbocycles. The van der Waals surface area contributed by atoms with Gasteiger partial charge in [-0.1, -0.05) is 146 Å². The molecule has 8 bridgehead atoms. The molecule has 0 saturated heterocycles. The molecule has 0 spiro atoms. The summed E-state index contributed by atoms with van der Waals surface area (Å²) in [4.78, 5) is 21.2. The van der Waals surface area contributed by atoms with E-state index in [1.54, 1.807) is 0 Å². The monoisotopic (exact) mass is 767 g/mol. The molecule has 0 aliphatic carbocycles. The van der Waals surface area contributed by atoms with Crippen LogP contribution in [0.25, 0.3) is 90.9 Å². The Kier molecular flexibility index (Phi) is 10.6. The molecule has 0 atom stereocenters. The predicted molar refractivity (Wildman–Crippen MR) is 199 cm³/mol. The summed E-state index contributed by atoms with van der Waals surface area (Å²) >= 11 is 0. The second-order valence-corrected chi connectivity index (χ2v) is 13.0. The van der Waals surface area contributed by atoms with Crippen LogP contribution in [0.2, 0.25) is 0 Å². The van der Waals surface area contributed by atoms with Crippen LogP contribution in [0.15, 0.2) is 146 Å². The van der Waals surface area contributed by atoms with Gasteiger partial charge in [-0.25, -0.2) is 28.6 Å². The molecule has 0 saturated carbocycles. The van der Waals surface area contributed by atoms with Crippen LogP contribution in [0, 0.1) is 10.2 Å². The molecule has 263 valence electrons. The topological polar surface area (TPSA) is 146 Å². The molecule has 7 aromatic rings. The number of hydrogen-bond acceptors (Lipinski definition) is 6. The molecule has 0 N–H and O–H groups in total. The van der Waals surface area contributed by atoms with E-state index in [9.17, 15) is 0 Å². The molecule has 9 rings (SSSR count). The first-order chi connectivity index (χ1) is 25.8. The first kappa shape index (κ1) is 36.5. The second-order valence-electron chi connectivity index (χ2n) is 12.2. The quantitative estimate of drug-likeness (QED) is 0.204. The maximum absolute atomic E-state index is 8.49. The van der Waals surface area contributed by atoms with Crippen molar-refractivity contribution >= 4 is 46.4 Å². The van der Waals surface area contributed by atoms with Gasteiger partial charge in [-0.3, -0.25) is 0 Å². The second kappa shape index (κ2) is 15.6. The van der Waals surface area contributed by atoms with Crippen molar-refractivity contribution in [3.8, 4) is 44.5 Å². The number of nitrogens with zero attached hydrogens (tertiary/aromatic N) is 4. The number of halogens is 1. The minimum atomic E-state index is -4.94. The van der Waals surface area contributed by atoms with Gasteiger partial charge < -0.3 is 9.97 Å². The van der Waals surface area contributed by atoms with E-state index in [0.29, 0.717) is 0 Å². The van der Waals surface area contributed by atoms with E-state index < -0.39 is 10.2 Å². The van der Waals surface area contributed by atoms with Crippen molar-refractivity contribution in [3.63, 3.8) is 0 Å². The first-order valence-corrected chi connectivity index (χ1v) is 17.9. The summed E-state index contributed by atoms with van der Waals surface area (Å²) in [6.07, 6.45) is 8.41. The smallest absolute Gasteiger partial charge is 0.657 e. The Labute approximate surface area is 323 Å². The minimum Gasteiger partial charge on any atom is -0.657 e. The van der Waals surface area contributed by atoms with E-state index in [0.717, 1.165) is 89.4 Å². The van der Waals surface area contributed by atoms with Crippen molar-refractivity contribution in [2.45, 2.75) is 0 Å². The van der Waals surface area contributed by atoms with Crippen LogP contribution in [0.5, 0.6) is 0 Å². The summed E-state index contributed by atoms with van der Waals surface area (Å²) in [5.41, 5.74) is 15.0. The van der Waals surface area contributed by atoms with Gasteiger partial charge in [0.1, 0.15) is 0 Å². The zero-order valence-corrected chi connectivity index (χ0v) is 30.2. The first-order valence-electron chi connectivity index (χ1n) is 16.7. The van der Waals surface area contributed by atoms with Crippen molar-refractivity contribution in [3.05, 3.63) is 168 Å². The zero-order chi connectivity index (χ0) is 36.4. The van der Waals surface area contributed by atoms with Crippen LogP contribution in [-0.4, -0.2) is 9.97 Å². The van der Waals surface area contributed by atoms with Gasteiger partial charge in [0.2, 0.25) is 0 Å². The average molecular weight is 768 g/mol. The van der Waals surface area contributed by atoms with Crippen molar-refractivity contribution in [1.29, 1.82) is 0 Å². The standard InChI is InChI=1S/C44H28N4.ClHO4.Fe/c1-5-13-29(14-6-1)41-33-21-23-35(45-33)42(30-15-7-2-8-16-30)37-25-27-39(47-37)44(32-19-11-4-12-20-32)40-28-26-38(48-40)43(31-17-9-3-10-18-31)36-24-22-34(41)46-36;2-1(3,4)5;/h1-28H;(H,2,3,4,5);/q-2;;+3/p-1. The van der Waals surface area contributed by atoms with E-state index >= 15 is 0 Å². The molecule has 1 radical (unpaired) electrons. The third kappa shape index (κ3) is 7.75. The zero-order valence-electron chi connectivity index (χ0n) is 28.3. The van der Waals surface area contributed by atoms with Crippen LogP contribution in [0.4, 0.5) is 0 Å². The summed E-state index contributed by atoms with van der Waals surface area (Å²) < 4.78 is 34.0. The molecule has 2 aliphatic rings. The van der Waals surface area contributed by atoms with E-state index in [4.69, 9.17) is 38.6 Å². The maximum Gasteiger partial charge on any atom is 3.00 e. The van der Waals surface area contributed by atoms with Gasteiger partial charge in [0.05, 0.1) is 22.8 Å². The van der Waals surface area contributed by atoms with Crippen LogP contribution < -0.4 is 28.6 Å². The number of rotatable bonds is 4. The van der Waals surface area contributed by atoms with E-state index in [2.05, 4.69) is 146 Å². The number of benzene rings is 4. The van der Waals surface area contributed by atoms with Gasteiger partial charge >= 0.3 is 17.1 Å². The number of hydrogen-bond donors (Lipinski definition) is 0. The van der Waals surface area contributed by atoms with Gasteiger partial charge in [0.15, 0.2) is 0 Å². The molecule has 0 unspecified atom stereocenters. The Morgan fingerprint density at radius 2 is 0.537 bits per heavy atom. The molecule has 5 heterocycles. The largest absolute Gasteiger partial charge is 3.00 e. The van der Waals surface area contributed by atoms with Gasteiger partial charge in [0.25, 0.3) is 0 Å². The van der Waals surface area contributed by atoms with E-state index in [1.807, 2.05) is 24.3 Å². The summed E-state index contributed by atoms with van der Waals surface area (Å²) in [6.45, 7) is 0.